The van der Waals surface area contributed by atoms with Gasteiger partial charge in [-0.2, -0.15) is 0 Å². The summed E-state index contributed by atoms with van der Waals surface area (Å²) in [6.07, 6.45) is 1.28. The number of amides is 2. The normalized spacial score (nSPS) is 13.2. The predicted molar refractivity (Wildman–Crippen MR) is 63.4 cm³/mol. The fourth-order valence-corrected chi connectivity index (χ4v) is 1.14. The van der Waals surface area contributed by atoms with Crippen molar-refractivity contribution in [3.05, 3.63) is 0 Å². The van der Waals surface area contributed by atoms with E-state index in [0.29, 0.717) is 13.0 Å². The van der Waals surface area contributed by atoms with Gasteiger partial charge in [0, 0.05) is 13.0 Å². The van der Waals surface area contributed by atoms with Gasteiger partial charge in [0.15, 0.2) is 0 Å². The highest BCUT2D eigenvalue weighted by atomic mass is 16.2. The molecule has 0 saturated heterocycles. The molecule has 1 unspecified atom stereocenters. The Morgan fingerprint density at radius 3 is 2.31 bits per heavy atom. The molecular weight excluding hydrogens is 206 g/mol. The molecule has 0 aliphatic carbocycles. The molecule has 16 heavy (non-hydrogen) atoms. The molecule has 0 aromatic carbocycles. The van der Waals surface area contributed by atoms with Crippen LogP contribution in [0.15, 0.2) is 0 Å². The number of primary amides is 1. The van der Waals surface area contributed by atoms with Crippen LogP contribution >= 0.6 is 0 Å². The maximum atomic E-state index is 11.5. The van der Waals surface area contributed by atoms with Crippen molar-refractivity contribution in [1.29, 1.82) is 0 Å². The summed E-state index contributed by atoms with van der Waals surface area (Å²) in [7, 11) is 0. The maximum absolute atomic E-state index is 11.5. The van der Waals surface area contributed by atoms with Crippen LogP contribution in [0.25, 0.3) is 0 Å². The van der Waals surface area contributed by atoms with Crippen LogP contribution in [-0.4, -0.2) is 24.9 Å². The molecule has 0 fully saturated rings. The zero-order valence-corrected chi connectivity index (χ0v) is 10.4. The molecule has 5 N–H and O–H groups in total. The van der Waals surface area contributed by atoms with E-state index in [4.69, 9.17) is 11.5 Å². The number of rotatable bonds is 7. The zero-order valence-electron chi connectivity index (χ0n) is 10.4. The van der Waals surface area contributed by atoms with E-state index < -0.39 is 11.3 Å². The Morgan fingerprint density at radius 2 is 1.94 bits per heavy atom. The molecule has 94 valence electrons. The van der Waals surface area contributed by atoms with Gasteiger partial charge in [0.1, 0.15) is 0 Å². The van der Waals surface area contributed by atoms with Gasteiger partial charge in [-0.3, -0.25) is 9.59 Å². The molecule has 1 atom stereocenters. The molecule has 0 aromatic rings. The van der Waals surface area contributed by atoms with Crippen LogP contribution in [0.1, 0.15) is 33.6 Å². The van der Waals surface area contributed by atoms with Crippen molar-refractivity contribution < 1.29 is 9.59 Å². The topological polar surface area (TPSA) is 98.2 Å². The van der Waals surface area contributed by atoms with E-state index >= 15 is 0 Å². The highest BCUT2D eigenvalue weighted by Gasteiger charge is 2.25. The van der Waals surface area contributed by atoms with Crippen molar-refractivity contribution in [2.75, 3.05) is 13.1 Å². The summed E-state index contributed by atoms with van der Waals surface area (Å²) < 4.78 is 0. The predicted octanol–water partition coefficient (Wildman–Crippen LogP) is -0.0109. The van der Waals surface area contributed by atoms with Gasteiger partial charge in [-0.1, -0.05) is 13.3 Å². The highest BCUT2D eigenvalue weighted by Crippen LogP contribution is 2.12. The van der Waals surface area contributed by atoms with Gasteiger partial charge in [-0.05, 0) is 26.3 Å². The third kappa shape index (κ3) is 5.11. The van der Waals surface area contributed by atoms with E-state index in [1.165, 1.54) is 0 Å². The Bertz CT molecular complexity index is 248. The van der Waals surface area contributed by atoms with Crippen molar-refractivity contribution in [2.45, 2.75) is 33.6 Å². The molecule has 0 saturated carbocycles. The van der Waals surface area contributed by atoms with Crippen LogP contribution in [0.5, 0.6) is 0 Å². The van der Waals surface area contributed by atoms with Crippen molar-refractivity contribution in [3.8, 4) is 0 Å². The first kappa shape index (κ1) is 14.9. The summed E-state index contributed by atoms with van der Waals surface area (Å²) in [6.45, 7) is 6.18. The Balaban J connectivity index is 4.03. The molecule has 0 spiro atoms. The third-order valence-corrected chi connectivity index (χ3v) is 2.78. The van der Waals surface area contributed by atoms with Gasteiger partial charge >= 0.3 is 0 Å². The maximum Gasteiger partial charge on any atom is 0.224 e. The number of hydrogen-bond donors (Lipinski definition) is 3. The lowest BCUT2D eigenvalue weighted by Gasteiger charge is -2.21. The number of nitrogens with two attached hydrogens (primary N) is 2. The van der Waals surface area contributed by atoms with Crippen LogP contribution in [0.4, 0.5) is 0 Å². The highest BCUT2D eigenvalue weighted by molar-refractivity contribution is 5.82. The van der Waals surface area contributed by atoms with E-state index in [2.05, 4.69) is 5.32 Å². The van der Waals surface area contributed by atoms with Gasteiger partial charge in [0.05, 0.1) is 5.41 Å². The second-order valence-electron chi connectivity index (χ2n) is 4.74. The Labute approximate surface area is 96.9 Å². The van der Waals surface area contributed by atoms with E-state index in [1.54, 1.807) is 13.8 Å². The molecule has 0 heterocycles. The quantitative estimate of drug-likeness (QED) is 0.572. The lowest BCUT2D eigenvalue weighted by Crippen LogP contribution is -2.42. The van der Waals surface area contributed by atoms with Crippen LogP contribution in [0.2, 0.25) is 0 Å². The molecule has 0 rings (SSSR count). The van der Waals surface area contributed by atoms with Gasteiger partial charge in [-0.25, -0.2) is 0 Å². The molecule has 2 amide bonds. The monoisotopic (exact) mass is 229 g/mol. The summed E-state index contributed by atoms with van der Waals surface area (Å²) >= 11 is 0. The first-order valence-corrected chi connectivity index (χ1v) is 5.60. The SMILES string of the molecule is CCC(CN)CC(=O)NCC(C)(C)C(N)=O. The summed E-state index contributed by atoms with van der Waals surface area (Å²) in [5, 5.41) is 2.71. The smallest absolute Gasteiger partial charge is 0.224 e. The van der Waals surface area contributed by atoms with Crippen molar-refractivity contribution >= 4 is 11.8 Å². The lowest BCUT2D eigenvalue weighted by atomic mass is 9.92. The van der Waals surface area contributed by atoms with E-state index in [0.717, 1.165) is 6.42 Å². The van der Waals surface area contributed by atoms with Crippen LogP contribution in [0.3, 0.4) is 0 Å². The van der Waals surface area contributed by atoms with E-state index in [1.807, 2.05) is 6.92 Å². The molecule has 5 heteroatoms. The first-order valence-electron chi connectivity index (χ1n) is 5.60. The second-order valence-corrected chi connectivity index (χ2v) is 4.74. The third-order valence-electron chi connectivity index (χ3n) is 2.78. The van der Waals surface area contributed by atoms with Crippen LogP contribution in [-0.2, 0) is 9.59 Å². The molecule has 0 aliphatic rings. The Morgan fingerprint density at radius 1 is 1.38 bits per heavy atom. The standard InChI is InChI=1S/C11H23N3O2/c1-4-8(6-12)5-9(15)14-7-11(2,3)10(13)16/h8H,4-7,12H2,1-3H3,(H2,13,16)(H,14,15). The number of hydrogen-bond acceptors (Lipinski definition) is 3. The minimum Gasteiger partial charge on any atom is -0.369 e. The lowest BCUT2D eigenvalue weighted by molar-refractivity contribution is -0.127. The fraction of sp³-hybridized carbons (Fsp3) is 0.818. The van der Waals surface area contributed by atoms with Gasteiger partial charge < -0.3 is 16.8 Å². The minimum atomic E-state index is -0.708. The zero-order chi connectivity index (χ0) is 12.8. The number of carbonyl (C=O) groups excluding carboxylic acids is 2. The summed E-state index contributed by atoms with van der Waals surface area (Å²) in [5.74, 6) is -0.290. The first-order chi connectivity index (χ1) is 7.33. The Hall–Kier alpha value is -1.10. The van der Waals surface area contributed by atoms with Crippen molar-refractivity contribution in [3.63, 3.8) is 0 Å². The van der Waals surface area contributed by atoms with Gasteiger partial charge in [0.25, 0.3) is 0 Å². The van der Waals surface area contributed by atoms with Gasteiger partial charge in [0.2, 0.25) is 11.8 Å². The Kier molecular flexibility index (Phi) is 6.03. The summed E-state index contributed by atoms with van der Waals surface area (Å²) in [5.41, 5.74) is 10.00. The van der Waals surface area contributed by atoms with Crippen LogP contribution < -0.4 is 16.8 Å². The number of carbonyl (C=O) groups is 2. The van der Waals surface area contributed by atoms with Gasteiger partial charge in [-0.15, -0.1) is 0 Å². The average molecular weight is 229 g/mol. The molecule has 5 nitrogen and oxygen atoms in total. The minimum absolute atomic E-state index is 0.0772. The molecular formula is C11H23N3O2. The fourth-order valence-electron chi connectivity index (χ4n) is 1.14. The molecule has 0 radical (unpaired) electrons. The average Bonchev–Trinajstić information content (AvgIpc) is 2.23. The van der Waals surface area contributed by atoms with E-state index in [9.17, 15) is 9.59 Å². The molecule has 0 bridgehead atoms. The molecule has 0 aliphatic heterocycles. The summed E-state index contributed by atoms with van der Waals surface area (Å²) in [6, 6.07) is 0. The largest absolute Gasteiger partial charge is 0.369 e. The number of nitrogens with one attached hydrogen (secondary N) is 1. The van der Waals surface area contributed by atoms with Crippen molar-refractivity contribution in [1.82, 2.24) is 5.32 Å². The second kappa shape index (κ2) is 6.48. The van der Waals surface area contributed by atoms with Crippen molar-refractivity contribution in [2.24, 2.45) is 22.8 Å². The molecule has 0 aromatic heterocycles. The van der Waals surface area contributed by atoms with Crippen LogP contribution in [0, 0.1) is 11.3 Å². The van der Waals surface area contributed by atoms with E-state index in [-0.39, 0.29) is 18.4 Å². The summed E-state index contributed by atoms with van der Waals surface area (Å²) in [4.78, 5) is 22.5.